The van der Waals surface area contributed by atoms with Crippen molar-refractivity contribution >= 4 is 46.7 Å². The first-order chi connectivity index (χ1) is 18.1. The first-order valence-corrected chi connectivity index (χ1v) is 13.3. The lowest BCUT2D eigenvalue weighted by Gasteiger charge is -2.13. The Labute approximate surface area is 224 Å². The maximum Gasteiger partial charge on any atom is 0.272 e. The van der Waals surface area contributed by atoms with Gasteiger partial charge in [0.05, 0.1) is 14.2 Å². The van der Waals surface area contributed by atoms with Crippen molar-refractivity contribution in [1.82, 2.24) is 5.32 Å². The van der Waals surface area contributed by atoms with Crippen LogP contribution < -0.4 is 20.1 Å². The molecule has 37 heavy (non-hydrogen) atoms. The fourth-order valence-electron chi connectivity index (χ4n) is 3.41. The van der Waals surface area contributed by atoms with Gasteiger partial charge in [0.1, 0.15) is 5.70 Å². The molecular formula is C29H26N2O4S2. The zero-order valence-electron chi connectivity index (χ0n) is 20.4. The van der Waals surface area contributed by atoms with E-state index in [1.54, 1.807) is 36.0 Å². The highest BCUT2D eigenvalue weighted by atomic mass is 32.2. The second-order valence-corrected chi connectivity index (χ2v) is 9.88. The van der Waals surface area contributed by atoms with Crippen molar-refractivity contribution in [1.29, 1.82) is 0 Å². The number of rotatable bonds is 10. The fraction of sp³-hybridized carbons (Fsp3) is 0.103. The Kier molecular flexibility index (Phi) is 9.02. The van der Waals surface area contributed by atoms with Gasteiger partial charge >= 0.3 is 0 Å². The summed E-state index contributed by atoms with van der Waals surface area (Å²) in [7, 11) is 3.03. The summed E-state index contributed by atoms with van der Waals surface area (Å²) in [6.45, 7) is 0. The molecule has 0 radical (unpaired) electrons. The SMILES string of the molecule is COc1ccc(C(=O)N/C(=C\c2cccs2)C(=O)Nc2ccc(CSc3ccccc3)cc2)cc1OC. The van der Waals surface area contributed by atoms with Crippen molar-refractivity contribution < 1.29 is 19.1 Å². The monoisotopic (exact) mass is 530 g/mol. The molecule has 0 unspecified atom stereocenters. The Morgan fingerprint density at radius 2 is 1.65 bits per heavy atom. The minimum absolute atomic E-state index is 0.131. The number of hydrogen-bond donors (Lipinski definition) is 2. The zero-order chi connectivity index (χ0) is 26.0. The second-order valence-electron chi connectivity index (χ2n) is 7.85. The molecule has 188 valence electrons. The second kappa shape index (κ2) is 12.8. The molecule has 0 fully saturated rings. The predicted molar refractivity (Wildman–Crippen MR) is 150 cm³/mol. The van der Waals surface area contributed by atoms with Crippen LogP contribution in [-0.2, 0) is 10.5 Å². The van der Waals surface area contributed by atoms with Gasteiger partial charge in [0.25, 0.3) is 11.8 Å². The van der Waals surface area contributed by atoms with Crippen LogP contribution in [0.1, 0.15) is 20.8 Å². The molecule has 0 atom stereocenters. The largest absolute Gasteiger partial charge is 0.493 e. The standard InChI is InChI=1S/C29H26N2O4S2/c1-34-26-15-12-21(17-27(26)35-2)28(32)31-25(18-24-9-6-16-36-24)29(33)30-22-13-10-20(11-14-22)19-37-23-7-4-3-5-8-23/h3-18H,19H2,1-2H3,(H,30,33)(H,31,32)/b25-18-. The molecule has 4 rings (SSSR count). The van der Waals surface area contributed by atoms with Gasteiger partial charge in [-0.1, -0.05) is 36.4 Å². The number of carbonyl (C=O) groups excluding carboxylic acids is 2. The summed E-state index contributed by atoms with van der Waals surface area (Å²) in [6, 6.07) is 26.5. The van der Waals surface area contributed by atoms with Gasteiger partial charge in [-0.15, -0.1) is 23.1 Å². The molecule has 0 aliphatic carbocycles. The van der Waals surface area contributed by atoms with Crippen LogP contribution in [0.3, 0.4) is 0 Å². The van der Waals surface area contributed by atoms with Crippen molar-refractivity contribution in [2.45, 2.75) is 10.6 Å². The van der Waals surface area contributed by atoms with Gasteiger partial charge in [-0.25, -0.2) is 0 Å². The van der Waals surface area contributed by atoms with Crippen molar-refractivity contribution in [3.05, 3.63) is 112 Å². The molecule has 2 N–H and O–H groups in total. The van der Waals surface area contributed by atoms with E-state index in [4.69, 9.17) is 9.47 Å². The average Bonchev–Trinajstić information content (AvgIpc) is 3.45. The molecular weight excluding hydrogens is 504 g/mol. The molecule has 0 saturated carbocycles. The number of methoxy groups -OCH3 is 2. The van der Waals surface area contributed by atoms with Crippen molar-refractivity contribution in [2.24, 2.45) is 0 Å². The van der Waals surface area contributed by atoms with Gasteiger partial charge in [-0.05, 0) is 65.6 Å². The number of thiophene rings is 1. The maximum atomic E-state index is 13.2. The van der Waals surface area contributed by atoms with E-state index in [-0.39, 0.29) is 5.70 Å². The van der Waals surface area contributed by atoms with E-state index in [2.05, 4.69) is 22.8 Å². The maximum absolute atomic E-state index is 13.2. The quantitative estimate of drug-likeness (QED) is 0.182. The van der Waals surface area contributed by atoms with Gasteiger partial charge in [0, 0.05) is 26.8 Å². The third-order valence-corrected chi connectivity index (χ3v) is 7.23. The Hall–Kier alpha value is -4.01. The minimum atomic E-state index is -0.438. The number of hydrogen-bond acceptors (Lipinski definition) is 6. The van der Waals surface area contributed by atoms with E-state index in [1.165, 1.54) is 30.5 Å². The molecule has 2 amide bonds. The third-order valence-electron chi connectivity index (χ3n) is 5.33. The van der Waals surface area contributed by atoms with Crippen LogP contribution in [0.15, 0.2) is 101 Å². The smallest absolute Gasteiger partial charge is 0.272 e. The number of amides is 2. The molecule has 0 saturated heterocycles. The summed E-state index contributed by atoms with van der Waals surface area (Å²) < 4.78 is 10.5. The minimum Gasteiger partial charge on any atom is -0.493 e. The zero-order valence-corrected chi connectivity index (χ0v) is 22.0. The van der Waals surface area contributed by atoms with Gasteiger partial charge in [0.15, 0.2) is 11.5 Å². The molecule has 0 aliphatic heterocycles. The highest BCUT2D eigenvalue weighted by molar-refractivity contribution is 7.98. The number of carbonyl (C=O) groups is 2. The lowest BCUT2D eigenvalue weighted by atomic mass is 10.1. The van der Waals surface area contributed by atoms with E-state index in [9.17, 15) is 9.59 Å². The lowest BCUT2D eigenvalue weighted by molar-refractivity contribution is -0.113. The molecule has 1 aromatic heterocycles. The Bertz CT molecular complexity index is 1370. The molecule has 3 aromatic carbocycles. The van der Waals surface area contributed by atoms with E-state index in [0.29, 0.717) is 22.7 Å². The van der Waals surface area contributed by atoms with Gasteiger partial charge in [-0.3, -0.25) is 9.59 Å². The van der Waals surface area contributed by atoms with Crippen LogP contribution in [0.2, 0.25) is 0 Å². The first-order valence-electron chi connectivity index (χ1n) is 11.4. The predicted octanol–water partition coefficient (Wildman–Crippen LogP) is 6.47. The van der Waals surface area contributed by atoms with Crippen LogP contribution in [0.4, 0.5) is 5.69 Å². The molecule has 1 heterocycles. The van der Waals surface area contributed by atoms with E-state index in [1.807, 2.05) is 60.0 Å². The van der Waals surface area contributed by atoms with Gasteiger partial charge < -0.3 is 20.1 Å². The normalized spacial score (nSPS) is 11.0. The van der Waals surface area contributed by atoms with Crippen LogP contribution >= 0.6 is 23.1 Å². The summed E-state index contributed by atoms with van der Waals surface area (Å²) in [5, 5.41) is 7.54. The molecule has 0 bridgehead atoms. The molecule has 0 spiro atoms. The van der Waals surface area contributed by atoms with Gasteiger partial charge in [0.2, 0.25) is 0 Å². The van der Waals surface area contributed by atoms with Crippen LogP contribution in [-0.4, -0.2) is 26.0 Å². The molecule has 8 heteroatoms. The summed E-state index contributed by atoms with van der Waals surface area (Å²) in [4.78, 5) is 28.2. The number of ether oxygens (including phenoxy) is 2. The van der Waals surface area contributed by atoms with Crippen molar-refractivity contribution in [3.63, 3.8) is 0 Å². The highest BCUT2D eigenvalue weighted by Crippen LogP contribution is 2.28. The summed E-state index contributed by atoms with van der Waals surface area (Å²) in [5.74, 6) is 0.898. The first kappa shape index (κ1) is 26.1. The molecule has 0 aliphatic rings. The highest BCUT2D eigenvalue weighted by Gasteiger charge is 2.17. The van der Waals surface area contributed by atoms with Crippen LogP contribution in [0, 0.1) is 0 Å². The Morgan fingerprint density at radius 3 is 2.32 bits per heavy atom. The number of benzene rings is 3. The number of nitrogens with one attached hydrogen (secondary N) is 2. The fourth-order valence-corrected chi connectivity index (χ4v) is 4.94. The Morgan fingerprint density at radius 1 is 0.892 bits per heavy atom. The number of thioether (sulfide) groups is 1. The lowest BCUT2D eigenvalue weighted by Crippen LogP contribution is -2.30. The summed E-state index contributed by atoms with van der Waals surface area (Å²) in [6.07, 6.45) is 1.66. The molecule has 6 nitrogen and oxygen atoms in total. The third kappa shape index (κ3) is 7.25. The summed E-state index contributed by atoms with van der Waals surface area (Å²) >= 11 is 3.22. The Balaban J connectivity index is 1.46. The summed E-state index contributed by atoms with van der Waals surface area (Å²) in [5.41, 5.74) is 2.24. The van der Waals surface area contributed by atoms with Crippen molar-refractivity contribution in [2.75, 3.05) is 19.5 Å². The van der Waals surface area contributed by atoms with Crippen molar-refractivity contribution in [3.8, 4) is 11.5 Å². The van der Waals surface area contributed by atoms with E-state index >= 15 is 0 Å². The molecule has 4 aromatic rings. The van der Waals surface area contributed by atoms with Gasteiger partial charge in [-0.2, -0.15) is 0 Å². The van der Waals surface area contributed by atoms with Crippen LogP contribution in [0.25, 0.3) is 6.08 Å². The average molecular weight is 531 g/mol. The van der Waals surface area contributed by atoms with E-state index in [0.717, 1.165) is 16.2 Å². The van der Waals surface area contributed by atoms with E-state index < -0.39 is 11.8 Å². The van der Waals surface area contributed by atoms with Crippen LogP contribution in [0.5, 0.6) is 11.5 Å². The topological polar surface area (TPSA) is 76.7 Å². The number of anilines is 1.